The van der Waals surface area contributed by atoms with Gasteiger partial charge in [-0.15, -0.1) is 0 Å². The van der Waals surface area contributed by atoms with E-state index in [9.17, 15) is 0 Å². The summed E-state index contributed by atoms with van der Waals surface area (Å²) in [7, 11) is 0. The second-order valence-corrected chi connectivity index (χ2v) is 21.0. The Morgan fingerprint density at radius 1 is 0.350 bits per heavy atom. The third kappa shape index (κ3) is 23.4. The fourth-order valence-corrected chi connectivity index (χ4v) is 10.9. The number of benzene rings is 1. The molecule has 336 valence electrons. The van der Waals surface area contributed by atoms with Crippen molar-refractivity contribution in [1.29, 1.82) is 0 Å². The van der Waals surface area contributed by atoms with Crippen LogP contribution in [0.5, 0.6) is 0 Å². The van der Waals surface area contributed by atoms with Crippen molar-refractivity contribution in [3.05, 3.63) is 91.1 Å². The summed E-state index contributed by atoms with van der Waals surface area (Å²) in [6, 6.07) is 7.32. The lowest BCUT2D eigenvalue weighted by molar-refractivity contribution is -0.689. The summed E-state index contributed by atoms with van der Waals surface area (Å²) >= 11 is 6.43. The minimum absolute atomic E-state index is 0.894. The Morgan fingerprint density at radius 2 is 0.617 bits per heavy atom. The van der Waals surface area contributed by atoms with E-state index in [2.05, 4.69) is 158 Å². The van der Waals surface area contributed by atoms with Crippen LogP contribution in [0.25, 0.3) is 0 Å². The van der Waals surface area contributed by atoms with Crippen LogP contribution >= 0.6 is 35.3 Å². The van der Waals surface area contributed by atoms with Crippen LogP contribution in [-0.4, -0.2) is 48.2 Å². The van der Waals surface area contributed by atoms with E-state index in [4.69, 9.17) is 0 Å². The zero-order chi connectivity index (χ0) is 42.1. The molecular formula is C51H87N6S3+3. The van der Waals surface area contributed by atoms with E-state index < -0.39 is 0 Å². The highest BCUT2D eigenvalue weighted by Crippen LogP contribution is 2.15. The summed E-state index contributed by atoms with van der Waals surface area (Å²) < 4.78 is 14.3. The molecule has 3 aromatic heterocycles. The normalized spacial score (nSPS) is 11.7. The zero-order valence-electron chi connectivity index (χ0n) is 38.7. The monoisotopic (exact) mass is 880 g/mol. The van der Waals surface area contributed by atoms with Crippen LogP contribution in [0, 0.1) is 0 Å². The average Bonchev–Trinajstić information content (AvgIpc) is 4.02. The molecule has 3 heterocycles. The highest BCUT2D eigenvalue weighted by Gasteiger charge is 2.13. The Bertz CT molecular complexity index is 1410. The second kappa shape index (κ2) is 33.5. The maximum atomic E-state index is 2.44. The predicted octanol–water partition coefficient (Wildman–Crippen LogP) is 12.5. The van der Waals surface area contributed by atoms with E-state index in [1.165, 1.54) is 186 Å². The molecule has 0 saturated carbocycles. The van der Waals surface area contributed by atoms with Gasteiger partial charge in [-0.3, -0.25) is 0 Å². The van der Waals surface area contributed by atoms with Gasteiger partial charge in [-0.25, -0.2) is 27.4 Å². The predicted molar refractivity (Wildman–Crippen MR) is 264 cm³/mol. The summed E-state index contributed by atoms with van der Waals surface area (Å²) in [5.41, 5.74) is 4.14. The molecule has 4 rings (SSSR count). The van der Waals surface area contributed by atoms with Crippen molar-refractivity contribution in [2.24, 2.45) is 0 Å². The van der Waals surface area contributed by atoms with Gasteiger partial charge in [-0.2, -0.15) is 35.3 Å². The number of rotatable bonds is 39. The molecule has 0 N–H and O–H groups in total. The van der Waals surface area contributed by atoms with Crippen molar-refractivity contribution >= 4 is 35.3 Å². The highest BCUT2D eigenvalue weighted by atomic mass is 32.2. The number of nitrogens with zero attached hydrogens (tertiary/aromatic N) is 6. The average molecular weight is 880 g/mol. The van der Waals surface area contributed by atoms with Crippen LogP contribution in [0.4, 0.5) is 0 Å². The first-order valence-corrected chi connectivity index (χ1v) is 28.1. The molecule has 0 amide bonds. The number of hydrogen-bond donors (Lipinski definition) is 0. The molecule has 0 fully saturated rings. The number of imidazole rings is 3. The van der Waals surface area contributed by atoms with Crippen molar-refractivity contribution in [3.63, 3.8) is 0 Å². The van der Waals surface area contributed by atoms with Gasteiger partial charge >= 0.3 is 0 Å². The van der Waals surface area contributed by atoms with Crippen LogP contribution in [-0.2, 0) is 39.3 Å². The molecule has 4 aromatic rings. The van der Waals surface area contributed by atoms with Crippen molar-refractivity contribution in [1.82, 2.24) is 13.7 Å². The molecule has 0 aliphatic rings. The van der Waals surface area contributed by atoms with Gasteiger partial charge in [0.2, 0.25) is 19.0 Å². The van der Waals surface area contributed by atoms with E-state index >= 15 is 0 Å². The third-order valence-electron chi connectivity index (χ3n) is 11.5. The lowest BCUT2D eigenvalue weighted by atomic mass is 10.0. The Morgan fingerprint density at radius 3 is 0.917 bits per heavy atom. The smallest absolute Gasteiger partial charge is 0.237 e. The standard InChI is InChI=1S/C51H87N6S3/c1-4-7-10-13-16-19-34-58-37-22-25-52-28-31-55(46-52)43-49-40-50(44-56-32-29-53(47-56)26-23-38-59-35-20-17-14-11-8-5-2)42-51(41-49)45-57-33-30-54(48-57)27-24-39-60-36-21-18-15-12-9-6-3/h28-33,40-42,46-48H,4-27,34-39,43-45H2,1-3H3/q+3. The van der Waals surface area contributed by atoms with E-state index in [-0.39, 0.29) is 0 Å². The van der Waals surface area contributed by atoms with Gasteiger partial charge in [0.15, 0.2) is 0 Å². The zero-order valence-corrected chi connectivity index (χ0v) is 41.1. The molecule has 0 atom stereocenters. The minimum Gasteiger partial charge on any atom is -0.237 e. The minimum atomic E-state index is 0.894. The van der Waals surface area contributed by atoms with Gasteiger partial charge in [0.1, 0.15) is 56.8 Å². The van der Waals surface area contributed by atoms with Crippen LogP contribution in [0.2, 0.25) is 0 Å². The number of aromatic nitrogens is 6. The van der Waals surface area contributed by atoms with E-state index in [0.29, 0.717) is 0 Å². The molecule has 0 saturated heterocycles. The first kappa shape index (κ1) is 50.5. The van der Waals surface area contributed by atoms with Gasteiger partial charge in [0.05, 0.1) is 19.6 Å². The largest absolute Gasteiger partial charge is 0.244 e. The maximum absolute atomic E-state index is 2.44. The molecule has 1 aromatic carbocycles. The summed E-state index contributed by atoms with van der Waals surface area (Å²) in [5, 5.41) is 0. The van der Waals surface area contributed by atoms with Gasteiger partial charge in [0, 0.05) is 0 Å². The first-order valence-electron chi connectivity index (χ1n) is 24.6. The molecule has 0 bridgehead atoms. The molecule has 0 unspecified atom stereocenters. The summed E-state index contributed by atoms with van der Waals surface area (Å²) in [5.74, 6) is 7.73. The topological polar surface area (TPSA) is 26.4 Å². The van der Waals surface area contributed by atoms with Gasteiger partial charge < -0.3 is 0 Å². The molecule has 0 aliphatic heterocycles. The van der Waals surface area contributed by atoms with E-state index in [1.807, 2.05) is 0 Å². The Balaban J connectivity index is 1.27. The number of aryl methyl sites for hydroxylation is 3. The highest BCUT2D eigenvalue weighted by molar-refractivity contribution is 7.99. The van der Waals surface area contributed by atoms with Gasteiger partial charge in [-0.1, -0.05) is 117 Å². The van der Waals surface area contributed by atoms with Crippen molar-refractivity contribution in [2.75, 3.05) is 34.5 Å². The lowest BCUT2D eigenvalue weighted by Crippen LogP contribution is -2.34. The van der Waals surface area contributed by atoms with Crippen molar-refractivity contribution in [3.8, 4) is 0 Å². The summed E-state index contributed by atoms with van der Waals surface area (Å²) in [6.07, 6.45) is 49.3. The fraction of sp³-hybridized carbons (Fsp3) is 0.706. The quantitative estimate of drug-likeness (QED) is 0.0330. The van der Waals surface area contributed by atoms with Crippen LogP contribution in [0.15, 0.2) is 74.4 Å². The molecule has 6 nitrogen and oxygen atoms in total. The summed E-state index contributed by atoms with van der Waals surface area (Å²) in [4.78, 5) is 0. The Kier molecular flexibility index (Phi) is 28.2. The molecule has 9 heteroatoms. The van der Waals surface area contributed by atoms with Gasteiger partial charge in [-0.05, 0) is 108 Å². The van der Waals surface area contributed by atoms with E-state index in [1.54, 1.807) is 0 Å². The van der Waals surface area contributed by atoms with Crippen molar-refractivity contribution < 1.29 is 13.7 Å². The molecule has 0 radical (unpaired) electrons. The fourth-order valence-electron chi connectivity index (χ4n) is 8.05. The lowest BCUT2D eigenvalue weighted by Gasteiger charge is -2.07. The number of hydrogen-bond acceptors (Lipinski definition) is 3. The maximum Gasteiger partial charge on any atom is 0.244 e. The Labute approximate surface area is 381 Å². The molecular weight excluding hydrogens is 793 g/mol. The van der Waals surface area contributed by atoms with Crippen molar-refractivity contribution in [2.45, 2.75) is 195 Å². The van der Waals surface area contributed by atoms with Crippen LogP contribution < -0.4 is 13.7 Å². The number of unbranched alkanes of at least 4 members (excludes halogenated alkanes) is 15. The SMILES string of the molecule is CCCCCCCCSCCCn1cc[n+](Cc2cc(C[n+]3ccn(CCCSCCCCCCCC)c3)cc(C[n+]3ccn(CCCSCCCCCCCC)c3)c2)c1. The molecule has 60 heavy (non-hydrogen) atoms. The molecule has 0 spiro atoms. The first-order chi connectivity index (χ1) is 29.6. The second-order valence-electron chi connectivity index (χ2n) is 17.3. The molecule has 0 aliphatic carbocycles. The number of thioether (sulfide) groups is 3. The van der Waals surface area contributed by atoms with Crippen LogP contribution in [0.1, 0.15) is 172 Å². The third-order valence-corrected chi connectivity index (χ3v) is 15.0. The Hall–Kier alpha value is -2.10. The summed E-state index contributed by atoms with van der Waals surface area (Å²) in [6.45, 7) is 12.9. The van der Waals surface area contributed by atoms with Crippen LogP contribution in [0.3, 0.4) is 0 Å². The van der Waals surface area contributed by atoms with Gasteiger partial charge in [0.25, 0.3) is 0 Å². The van der Waals surface area contributed by atoms with E-state index in [0.717, 1.165) is 39.3 Å².